The van der Waals surface area contributed by atoms with Crippen molar-refractivity contribution in [3.63, 3.8) is 0 Å². The molecule has 3 aromatic carbocycles. The molecule has 2 aliphatic carbocycles. The first-order valence-electron chi connectivity index (χ1n) is 11.5. The molecule has 0 aliphatic heterocycles. The number of hydrogen-bond acceptors (Lipinski definition) is 0. The summed E-state index contributed by atoms with van der Waals surface area (Å²) < 4.78 is 0. The molecule has 0 saturated heterocycles. The Kier molecular flexibility index (Phi) is 5.41. The topological polar surface area (TPSA) is 0 Å². The third-order valence-electron chi connectivity index (χ3n) is 6.61. The average Bonchev–Trinajstić information content (AvgIpc) is 3.39. The van der Waals surface area contributed by atoms with Crippen molar-refractivity contribution in [2.24, 2.45) is 0 Å². The minimum Gasteiger partial charge on any atom is -0.0795 e. The van der Waals surface area contributed by atoms with E-state index in [0.717, 1.165) is 19.3 Å². The SMILES string of the molecule is CCCCCCC=C(c1ccc2c(c1)C=CC2)c1ccc2c(c1)-c1ccccc1C2. The van der Waals surface area contributed by atoms with Crippen LogP contribution < -0.4 is 0 Å². The number of hydrogen-bond donors (Lipinski definition) is 0. The summed E-state index contributed by atoms with van der Waals surface area (Å²) >= 11 is 0. The Hall–Kier alpha value is -2.86. The van der Waals surface area contributed by atoms with Gasteiger partial charge in [0.1, 0.15) is 0 Å². The molecule has 150 valence electrons. The van der Waals surface area contributed by atoms with Gasteiger partial charge >= 0.3 is 0 Å². The Morgan fingerprint density at radius 3 is 2.50 bits per heavy atom. The lowest BCUT2D eigenvalue weighted by Gasteiger charge is -2.13. The third kappa shape index (κ3) is 3.67. The van der Waals surface area contributed by atoms with Crippen molar-refractivity contribution in [3.8, 4) is 11.1 Å². The van der Waals surface area contributed by atoms with Gasteiger partial charge in [0.25, 0.3) is 0 Å². The van der Waals surface area contributed by atoms with Gasteiger partial charge in [-0.15, -0.1) is 0 Å². The molecule has 0 aromatic heterocycles. The maximum Gasteiger partial charge on any atom is -0.00134 e. The molecule has 0 amide bonds. The van der Waals surface area contributed by atoms with Crippen LogP contribution in [-0.2, 0) is 12.8 Å². The molecule has 5 rings (SSSR count). The maximum absolute atomic E-state index is 2.48. The highest BCUT2D eigenvalue weighted by atomic mass is 14.2. The number of unbranched alkanes of at least 4 members (excludes halogenated alkanes) is 4. The fraction of sp³-hybridized carbons (Fsp3) is 0.267. The highest BCUT2D eigenvalue weighted by molar-refractivity contribution is 5.86. The molecule has 0 radical (unpaired) electrons. The van der Waals surface area contributed by atoms with E-state index in [2.05, 4.69) is 85.8 Å². The van der Waals surface area contributed by atoms with Gasteiger partial charge in [0.15, 0.2) is 0 Å². The van der Waals surface area contributed by atoms with E-state index in [1.807, 2.05) is 0 Å². The van der Waals surface area contributed by atoms with Gasteiger partial charge < -0.3 is 0 Å². The fourth-order valence-corrected chi connectivity index (χ4v) is 4.93. The highest BCUT2D eigenvalue weighted by Gasteiger charge is 2.19. The van der Waals surface area contributed by atoms with Crippen LogP contribution in [0, 0.1) is 0 Å². The van der Waals surface area contributed by atoms with E-state index < -0.39 is 0 Å². The number of benzene rings is 3. The van der Waals surface area contributed by atoms with Crippen LogP contribution >= 0.6 is 0 Å². The Morgan fingerprint density at radius 2 is 1.60 bits per heavy atom. The minimum atomic E-state index is 1.06. The van der Waals surface area contributed by atoms with E-state index in [9.17, 15) is 0 Å². The molecule has 30 heavy (non-hydrogen) atoms. The normalized spacial score (nSPS) is 14.0. The number of fused-ring (bicyclic) bond motifs is 4. The van der Waals surface area contributed by atoms with E-state index in [0.29, 0.717) is 0 Å². The van der Waals surface area contributed by atoms with Crippen LogP contribution in [0.5, 0.6) is 0 Å². The molecule has 0 heterocycles. The van der Waals surface area contributed by atoms with Crippen molar-refractivity contribution in [3.05, 3.63) is 106 Å². The fourth-order valence-electron chi connectivity index (χ4n) is 4.93. The molecule has 0 nitrogen and oxygen atoms in total. The maximum atomic E-state index is 2.48. The molecule has 0 spiro atoms. The van der Waals surface area contributed by atoms with E-state index in [-0.39, 0.29) is 0 Å². The summed E-state index contributed by atoms with van der Waals surface area (Å²) in [4.78, 5) is 0. The van der Waals surface area contributed by atoms with Crippen molar-refractivity contribution in [2.45, 2.75) is 51.9 Å². The lowest BCUT2D eigenvalue weighted by molar-refractivity contribution is 0.675. The third-order valence-corrected chi connectivity index (χ3v) is 6.61. The molecule has 0 N–H and O–H groups in total. The Morgan fingerprint density at radius 1 is 0.800 bits per heavy atom. The van der Waals surface area contributed by atoms with E-state index in [4.69, 9.17) is 0 Å². The van der Waals surface area contributed by atoms with Gasteiger partial charge in [-0.1, -0.05) is 92.9 Å². The van der Waals surface area contributed by atoms with Crippen LogP contribution in [0.4, 0.5) is 0 Å². The first kappa shape index (κ1) is 19.1. The van der Waals surface area contributed by atoms with Crippen molar-refractivity contribution >= 4 is 11.6 Å². The monoisotopic (exact) mass is 390 g/mol. The van der Waals surface area contributed by atoms with E-state index in [1.165, 1.54) is 75.8 Å². The lowest BCUT2D eigenvalue weighted by atomic mass is 9.91. The molecule has 0 atom stereocenters. The molecule has 0 heteroatoms. The molecule has 3 aromatic rings. The second-order valence-electron chi connectivity index (χ2n) is 8.69. The van der Waals surface area contributed by atoms with Crippen LogP contribution in [0.3, 0.4) is 0 Å². The van der Waals surface area contributed by atoms with Gasteiger partial charge in [0.05, 0.1) is 0 Å². The van der Waals surface area contributed by atoms with Crippen LogP contribution in [0.25, 0.3) is 22.8 Å². The average molecular weight is 391 g/mol. The molecule has 0 fully saturated rings. The summed E-state index contributed by atoms with van der Waals surface area (Å²) in [6.45, 7) is 2.28. The van der Waals surface area contributed by atoms with Gasteiger partial charge in [-0.25, -0.2) is 0 Å². The molecular formula is C30H30. The van der Waals surface area contributed by atoms with Crippen molar-refractivity contribution in [1.29, 1.82) is 0 Å². The lowest BCUT2D eigenvalue weighted by Crippen LogP contribution is -1.93. The molecule has 0 bridgehead atoms. The summed E-state index contributed by atoms with van der Waals surface area (Å²) in [7, 11) is 0. The van der Waals surface area contributed by atoms with E-state index >= 15 is 0 Å². The first-order chi connectivity index (χ1) is 14.8. The predicted molar refractivity (Wildman–Crippen MR) is 130 cm³/mol. The van der Waals surface area contributed by atoms with Crippen LogP contribution in [0.1, 0.15) is 72.4 Å². The first-order valence-corrected chi connectivity index (χ1v) is 11.5. The Labute approximate surface area is 181 Å². The van der Waals surface area contributed by atoms with Crippen LogP contribution in [0.15, 0.2) is 72.8 Å². The van der Waals surface area contributed by atoms with Gasteiger partial charge in [-0.3, -0.25) is 0 Å². The zero-order valence-electron chi connectivity index (χ0n) is 18.0. The zero-order valence-corrected chi connectivity index (χ0v) is 18.0. The van der Waals surface area contributed by atoms with Crippen molar-refractivity contribution in [2.75, 3.05) is 0 Å². The van der Waals surface area contributed by atoms with Gasteiger partial charge in [0, 0.05) is 0 Å². The van der Waals surface area contributed by atoms with Crippen molar-refractivity contribution < 1.29 is 0 Å². The quantitative estimate of drug-likeness (QED) is 0.279. The number of allylic oxidation sites excluding steroid dienone is 2. The Bertz CT molecular complexity index is 1130. The second kappa shape index (κ2) is 8.48. The van der Waals surface area contributed by atoms with Crippen LogP contribution in [0.2, 0.25) is 0 Å². The summed E-state index contributed by atoms with van der Waals surface area (Å²) in [6, 6.07) is 23.0. The molecule has 0 saturated carbocycles. The highest BCUT2D eigenvalue weighted by Crippen LogP contribution is 2.39. The predicted octanol–water partition coefficient (Wildman–Crippen LogP) is 8.23. The summed E-state index contributed by atoms with van der Waals surface area (Å²) in [5.41, 5.74) is 12.7. The largest absolute Gasteiger partial charge is 0.0795 e. The van der Waals surface area contributed by atoms with Crippen LogP contribution in [-0.4, -0.2) is 0 Å². The number of rotatable bonds is 7. The Balaban J connectivity index is 1.53. The zero-order chi connectivity index (χ0) is 20.3. The van der Waals surface area contributed by atoms with Gasteiger partial charge in [-0.2, -0.15) is 0 Å². The smallest absolute Gasteiger partial charge is 0.00134 e. The molecule has 0 unspecified atom stereocenters. The minimum absolute atomic E-state index is 1.06. The van der Waals surface area contributed by atoms with Crippen molar-refractivity contribution in [1.82, 2.24) is 0 Å². The van der Waals surface area contributed by atoms with E-state index in [1.54, 1.807) is 0 Å². The standard InChI is InChI=1S/C30H30/c1-2-3-4-5-6-13-28(25-16-15-22-11-9-12-23(22)19-25)27-18-17-26-20-24-10-7-8-14-29(24)30(26)21-27/h7-10,12-19,21H,2-6,11,20H2,1H3. The molecule has 2 aliphatic rings. The van der Waals surface area contributed by atoms with Gasteiger partial charge in [-0.05, 0) is 87.9 Å². The summed E-state index contributed by atoms with van der Waals surface area (Å²) in [6.07, 6.45) is 15.5. The van der Waals surface area contributed by atoms with Gasteiger partial charge in [0.2, 0.25) is 0 Å². The summed E-state index contributed by atoms with van der Waals surface area (Å²) in [5.74, 6) is 0. The second-order valence-corrected chi connectivity index (χ2v) is 8.69. The molecular weight excluding hydrogens is 360 g/mol. The summed E-state index contributed by atoms with van der Waals surface area (Å²) in [5, 5.41) is 0.